The minimum absolute atomic E-state index is 0.131. The summed E-state index contributed by atoms with van der Waals surface area (Å²) in [5.41, 5.74) is -0.316. The Bertz CT molecular complexity index is 1180. The van der Waals surface area contributed by atoms with E-state index >= 15 is 0 Å². The van der Waals surface area contributed by atoms with Gasteiger partial charge in [0, 0.05) is 33.3 Å². The summed E-state index contributed by atoms with van der Waals surface area (Å²) in [6.45, 7) is 3.86. The summed E-state index contributed by atoms with van der Waals surface area (Å²) in [4.78, 5) is 47.0. The van der Waals surface area contributed by atoms with Crippen LogP contribution in [0.5, 0.6) is 0 Å². The molecule has 0 aliphatic carbocycles. The van der Waals surface area contributed by atoms with Crippen LogP contribution in [0.25, 0.3) is 11.3 Å². The first-order valence-corrected chi connectivity index (χ1v) is 10.7. The Morgan fingerprint density at radius 2 is 1.46 bits per heavy atom. The monoisotopic (exact) mass is 529 g/mol. The van der Waals surface area contributed by atoms with E-state index in [9.17, 15) is 32.3 Å². The van der Waals surface area contributed by atoms with Gasteiger partial charge in [-0.15, -0.1) is 5.10 Å². The van der Waals surface area contributed by atoms with Gasteiger partial charge in [-0.3, -0.25) is 19.2 Å². The van der Waals surface area contributed by atoms with Crippen LogP contribution in [0.4, 0.5) is 13.2 Å². The van der Waals surface area contributed by atoms with Gasteiger partial charge in [-0.25, -0.2) is 17.9 Å². The number of carbonyl (C=O) groups excluding carboxylic acids is 4. The quantitative estimate of drug-likeness (QED) is 0.293. The lowest BCUT2D eigenvalue weighted by Crippen LogP contribution is -2.59. The van der Waals surface area contributed by atoms with Crippen LogP contribution in [0.3, 0.4) is 0 Å². The van der Waals surface area contributed by atoms with Gasteiger partial charge in [0.25, 0.3) is 0 Å². The van der Waals surface area contributed by atoms with Crippen LogP contribution in [0.15, 0.2) is 18.3 Å². The molecule has 1 aliphatic heterocycles. The molecule has 200 valence electrons. The molecule has 1 aromatic heterocycles. The summed E-state index contributed by atoms with van der Waals surface area (Å²) in [5.74, 6) is -7.78. The van der Waals surface area contributed by atoms with Crippen molar-refractivity contribution in [3.8, 4) is 11.3 Å². The maximum atomic E-state index is 13.8. The topological polar surface area (TPSA) is 145 Å². The van der Waals surface area contributed by atoms with Crippen LogP contribution in [-0.4, -0.2) is 70.1 Å². The third-order valence-electron chi connectivity index (χ3n) is 5.05. The number of esters is 4. The first-order chi connectivity index (χ1) is 17.4. The van der Waals surface area contributed by atoms with Crippen molar-refractivity contribution in [2.24, 2.45) is 0 Å². The normalized spacial score (nSPS) is 23.2. The average Bonchev–Trinajstić information content (AvgIpc) is 3.26. The van der Waals surface area contributed by atoms with Gasteiger partial charge in [0.15, 0.2) is 29.7 Å². The molecule has 15 heteroatoms. The number of hydrogen-bond acceptors (Lipinski definition) is 11. The highest BCUT2D eigenvalue weighted by atomic mass is 19.2. The molecule has 2 heterocycles. The Morgan fingerprint density at radius 3 is 2.00 bits per heavy atom. The molecule has 1 fully saturated rings. The van der Waals surface area contributed by atoms with Crippen LogP contribution < -0.4 is 0 Å². The Kier molecular flexibility index (Phi) is 8.47. The second kappa shape index (κ2) is 11.4. The van der Waals surface area contributed by atoms with Crippen molar-refractivity contribution in [1.29, 1.82) is 0 Å². The van der Waals surface area contributed by atoms with Crippen molar-refractivity contribution in [2.45, 2.75) is 58.3 Å². The minimum atomic E-state index is -1.68. The van der Waals surface area contributed by atoms with E-state index < -0.39 is 78.6 Å². The molecular weight excluding hydrogens is 507 g/mol. The number of hydrogen-bond donors (Lipinski definition) is 0. The summed E-state index contributed by atoms with van der Waals surface area (Å²) in [6, 6.07) is 0.0761. The molecule has 1 aromatic carbocycles. The molecule has 37 heavy (non-hydrogen) atoms. The molecule has 12 nitrogen and oxygen atoms in total. The zero-order chi connectivity index (χ0) is 27.4. The fraction of sp³-hybridized carbons (Fsp3) is 0.455. The van der Waals surface area contributed by atoms with Gasteiger partial charge in [-0.2, -0.15) is 0 Å². The molecule has 3 rings (SSSR count). The van der Waals surface area contributed by atoms with Crippen LogP contribution in [0, 0.1) is 17.5 Å². The molecule has 0 spiro atoms. The van der Waals surface area contributed by atoms with Gasteiger partial charge in [0.2, 0.25) is 6.29 Å². The van der Waals surface area contributed by atoms with E-state index in [4.69, 9.17) is 23.7 Å². The predicted octanol–water partition coefficient (Wildman–Crippen LogP) is 1.62. The van der Waals surface area contributed by atoms with Crippen LogP contribution in [-0.2, 0) is 42.9 Å². The Labute approximate surface area is 207 Å². The molecule has 0 amide bonds. The lowest BCUT2D eigenvalue weighted by molar-refractivity contribution is -0.285. The van der Waals surface area contributed by atoms with Crippen LogP contribution >= 0.6 is 0 Å². The number of rotatable bonds is 7. The fourth-order valence-electron chi connectivity index (χ4n) is 3.70. The lowest BCUT2D eigenvalue weighted by Gasteiger charge is -2.44. The van der Waals surface area contributed by atoms with E-state index in [-0.39, 0.29) is 11.3 Å². The van der Waals surface area contributed by atoms with Crippen molar-refractivity contribution >= 4 is 23.9 Å². The van der Waals surface area contributed by atoms with E-state index in [1.165, 1.54) is 0 Å². The molecule has 1 saturated heterocycles. The van der Waals surface area contributed by atoms with Crippen molar-refractivity contribution in [3.63, 3.8) is 0 Å². The SMILES string of the molecule is CC(=O)OCC1O[C@@H](OC(C)=O)[C@@H](OC(C)=O)C(n2cc(-c3cc(F)c(F)c(F)c3)nn2)[C@H]1OC(C)=O. The van der Waals surface area contributed by atoms with Gasteiger partial charge < -0.3 is 23.7 Å². The fourth-order valence-corrected chi connectivity index (χ4v) is 3.70. The maximum absolute atomic E-state index is 13.8. The zero-order valence-corrected chi connectivity index (χ0v) is 20.0. The minimum Gasteiger partial charge on any atom is -0.463 e. The van der Waals surface area contributed by atoms with Crippen molar-refractivity contribution < 1.29 is 56.0 Å². The summed E-state index contributed by atoms with van der Waals surface area (Å²) >= 11 is 0. The van der Waals surface area contributed by atoms with Gasteiger partial charge in [0.1, 0.15) is 24.4 Å². The van der Waals surface area contributed by atoms with Crippen LogP contribution in [0.1, 0.15) is 33.7 Å². The number of ether oxygens (including phenoxy) is 5. The van der Waals surface area contributed by atoms with E-state index in [0.29, 0.717) is 12.1 Å². The number of aromatic nitrogens is 3. The summed E-state index contributed by atoms with van der Waals surface area (Å²) in [6.07, 6.45) is -4.50. The smallest absolute Gasteiger partial charge is 0.305 e. The van der Waals surface area contributed by atoms with Crippen molar-refractivity contribution in [1.82, 2.24) is 15.0 Å². The lowest BCUT2D eigenvalue weighted by atomic mass is 9.95. The second-order valence-corrected chi connectivity index (χ2v) is 7.93. The van der Waals surface area contributed by atoms with Gasteiger partial charge in [0.05, 0.1) is 6.20 Å². The molecule has 1 aliphatic rings. The summed E-state index contributed by atoms with van der Waals surface area (Å²) in [5, 5.41) is 7.73. The molecule has 0 radical (unpaired) electrons. The highest BCUT2D eigenvalue weighted by Crippen LogP contribution is 2.36. The number of carbonyl (C=O) groups is 4. The van der Waals surface area contributed by atoms with Crippen molar-refractivity contribution in [3.05, 3.63) is 35.8 Å². The Hall–Kier alpha value is -4.01. The van der Waals surface area contributed by atoms with Gasteiger partial charge >= 0.3 is 23.9 Å². The van der Waals surface area contributed by atoms with E-state index in [0.717, 1.165) is 38.6 Å². The largest absolute Gasteiger partial charge is 0.463 e. The maximum Gasteiger partial charge on any atom is 0.305 e. The zero-order valence-electron chi connectivity index (χ0n) is 20.0. The van der Waals surface area contributed by atoms with Gasteiger partial charge in [-0.05, 0) is 12.1 Å². The molecular formula is C22H22F3N3O9. The van der Waals surface area contributed by atoms with E-state index in [1.807, 2.05) is 0 Å². The molecule has 2 unspecified atom stereocenters. The van der Waals surface area contributed by atoms with Crippen LogP contribution in [0.2, 0.25) is 0 Å². The van der Waals surface area contributed by atoms with E-state index in [1.54, 1.807) is 0 Å². The second-order valence-electron chi connectivity index (χ2n) is 7.93. The Balaban J connectivity index is 2.12. The molecule has 2 aromatic rings. The standard InChI is InChI=1S/C22H22F3N3O9/c1-9(29)33-8-17-20(34-10(2)30)19(21(35-11(3)31)22(37-17)36-12(4)32)28-7-16(26-27-28)13-5-14(23)18(25)15(24)6-13/h5-7,17,19-22H,8H2,1-4H3/t17?,19?,20-,21-,22+/m0/s1. The molecule has 0 saturated carbocycles. The molecule has 5 atom stereocenters. The number of halogens is 3. The van der Waals surface area contributed by atoms with E-state index in [2.05, 4.69) is 10.3 Å². The van der Waals surface area contributed by atoms with Crippen molar-refractivity contribution in [2.75, 3.05) is 6.61 Å². The first-order valence-electron chi connectivity index (χ1n) is 10.7. The number of benzene rings is 1. The summed E-state index contributed by atoms with van der Waals surface area (Å²) in [7, 11) is 0. The highest BCUT2D eigenvalue weighted by Gasteiger charge is 2.53. The third kappa shape index (κ3) is 6.61. The first kappa shape index (κ1) is 27.6. The highest BCUT2D eigenvalue weighted by molar-refractivity contribution is 5.68. The Morgan fingerprint density at radius 1 is 0.892 bits per heavy atom. The van der Waals surface area contributed by atoms with Gasteiger partial charge in [-0.1, -0.05) is 5.21 Å². The number of nitrogens with zero attached hydrogens (tertiary/aromatic N) is 3. The predicted molar refractivity (Wildman–Crippen MR) is 113 cm³/mol. The molecule has 0 N–H and O–H groups in total. The molecule has 0 bridgehead atoms. The third-order valence-corrected chi connectivity index (χ3v) is 5.05. The average molecular weight is 529 g/mol. The summed E-state index contributed by atoms with van der Waals surface area (Å²) < 4.78 is 68.6.